The van der Waals surface area contributed by atoms with Gasteiger partial charge in [-0.15, -0.1) is 0 Å². The molecule has 0 aliphatic heterocycles. The Bertz CT molecular complexity index is 599. The molecule has 1 aromatic carbocycles. The summed E-state index contributed by atoms with van der Waals surface area (Å²) in [4.78, 5) is 0.0739. The fourth-order valence-corrected chi connectivity index (χ4v) is 4.02. The Morgan fingerprint density at radius 2 is 1.95 bits per heavy atom. The first-order valence-corrected chi connectivity index (χ1v) is 8.77. The van der Waals surface area contributed by atoms with Crippen LogP contribution in [0.2, 0.25) is 10.0 Å². The summed E-state index contributed by atoms with van der Waals surface area (Å²) in [5.74, 6) is 0. The molecule has 0 unspecified atom stereocenters. The number of hydrogen-bond donors (Lipinski definition) is 2. The molecule has 7 heteroatoms. The molecule has 1 aliphatic rings. The van der Waals surface area contributed by atoms with Crippen LogP contribution in [-0.4, -0.2) is 20.5 Å². The van der Waals surface area contributed by atoms with Crippen LogP contribution in [0, 0.1) is 0 Å². The van der Waals surface area contributed by atoms with E-state index in [1.807, 2.05) is 0 Å². The molecule has 2 N–H and O–H groups in total. The second-order valence-electron chi connectivity index (χ2n) is 5.27. The molecule has 0 saturated heterocycles. The van der Waals surface area contributed by atoms with Crippen LogP contribution in [0.1, 0.15) is 32.3 Å². The molecule has 1 aromatic rings. The third kappa shape index (κ3) is 3.86. The van der Waals surface area contributed by atoms with Gasteiger partial charge in [-0.1, -0.05) is 23.2 Å². The molecule has 112 valence electrons. The minimum atomic E-state index is -3.62. The van der Waals surface area contributed by atoms with Crippen LogP contribution in [0.5, 0.6) is 0 Å². The standard InChI is InChI=1S/C13H18Cl2N2O2S/c1-8(2)17-20(18,19)12-6-5-11(14)10(13(12)15)7-16-9-3-4-9/h5-6,8-9,16-17H,3-4,7H2,1-2H3. The average Bonchev–Trinajstić information content (AvgIpc) is 3.10. The van der Waals surface area contributed by atoms with E-state index in [2.05, 4.69) is 10.0 Å². The van der Waals surface area contributed by atoms with Crippen LogP contribution in [0.15, 0.2) is 17.0 Å². The van der Waals surface area contributed by atoms with Gasteiger partial charge in [0.1, 0.15) is 4.90 Å². The van der Waals surface area contributed by atoms with Crippen molar-refractivity contribution in [3.8, 4) is 0 Å². The molecule has 0 heterocycles. The van der Waals surface area contributed by atoms with Crippen LogP contribution < -0.4 is 10.0 Å². The molecule has 20 heavy (non-hydrogen) atoms. The maximum Gasteiger partial charge on any atom is 0.242 e. The molecule has 1 saturated carbocycles. The third-order valence-corrected chi connectivity index (χ3v) is 5.57. The molecule has 1 fully saturated rings. The van der Waals surface area contributed by atoms with Gasteiger partial charge < -0.3 is 5.32 Å². The van der Waals surface area contributed by atoms with E-state index in [9.17, 15) is 8.42 Å². The smallest absolute Gasteiger partial charge is 0.242 e. The van der Waals surface area contributed by atoms with E-state index in [0.29, 0.717) is 23.2 Å². The van der Waals surface area contributed by atoms with Crippen molar-refractivity contribution in [2.75, 3.05) is 0 Å². The summed E-state index contributed by atoms with van der Waals surface area (Å²) in [5, 5.41) is 3.96. The van der Waals surface area contributed by atoms with E-state index in [0.717, 1.165) is 12.8 Å². The predicted molar refractivity (Wildman–Crippen MR) is 81.8 cm³/mol. The van der Waals surface area contributed by atoms with Crippen molar-refractivity contribution in [1.82, 2.24) is 10.0 Å². The fourth-order valence-electron chi connectivity index (χ4n) is 1.85. The van der Waals surface area contributed by atoms with Gasteiger partial charge in [-0.2, -0.15) is 0 Å². The van der Waals surface area contributed by atoms with E-state index in [4.69, 9.17) is 23.2 Å². The van der Waals surface area contributed by atoms with Gasteiger partial charge in [0.15, 0.2) is 0 Å². The Kier molecular flexibility index (Phi) is 4.97. The Labute approximate surface area is 129 Å². The second kappa shape index (κ2) is 6.20. The van der Waals surface area contributed by atoms with Crippen LogP contribution in [0.4, 0.5) is 0 Å². The van der Waals surface area contributed by atoms with Gasteiger partial charge in [-0.05, 0) is 38.8 Å². The number of sulfonamides is 1. The molecule has 2 rings (SSSR count). The largest absolute Gasteiger partial charge is 0.310 e. The van der Waals surface area contributed by atoms with E-state index < -0.39 is 10.0 Å². The molecule has 0 radical (unpaired) electrons. The number of halogens is 2. The van der Waals surface area contributed by atoms with E-state index in [-0.39, 0.29) is 16.0 Å². The van der Waals surface area contributed by atoms with Crippen molar-refractivity contribution >= 4 is 33.2 Å². The maximum absolute atomic E-state index is 12.2. The molecule has 0 aromatic heterocycles. The Hall–Kier alpha value is -0.330. The maximum atomic E-state index is 12.2. The zero-order chi connectivity index (χ0) is 14.9. The third-order valence-electron chi connectivity index (χ3n) is 2.98. The summed E-state index contributed by atoms with van der Waals surface area (Å²) in [5.41, 5.74) is 0.631. The van der Waals surface area contributed by atoms with Crippen molar-refractivity contribution in [3.63, 3.8) is 0 Å². The molecule has 0 bridgehead atoms. The van der Waals surface area contributed by atoms with Crippen molar-refractivity contribution in [1.29, 1.82) is 0 Å². The van der Waals surface area contributed by atoms with Crippen LogP contribution >= 0.6 is 23.2 Å². The zero-order valence-electron chi connectivity index (χ0n) is 11.4. The fraction of sp³-hybridized carbons (Fsp3) is 0.538. The Morgan fingerprint density at radius 3 is 2.50 bits per heavy atom. The summed E-state index contributed by atoms with van der Waals surface area (Å²) >= 11 is 12.4. The summed E-state index contributed by atoms with van der Waals surface area (Å²) < 4.78 is 27.0. The highest BCUT2D eigenvalue weighted by atomic mass is 35.5. The topological polar surface area (TPSA) is 58.2 Å². The molecular formula is C13H18Cl2N2O2S. The van der Waals surface area contributed by atoms with Gasteiger partial charge in [-0.25, -0.2) is 13.1 Å². The minimum absolute atomic E-state index is 0.0739. The van der Waals surface area contributed by atoms with Crippen molar-refractivity contribution < 1.29 is 8.42 Å². The number of nitrogens with one attached hydrogen (secondary N) is 2. The quantitative estimate of drug-likeness (QED) is 0.839. The number of rotatable bonds is 6. The lowest BCUT2D eigenvalue weighted by Gasteiger charge is -2.14. The van der Waals surface area contributed by atoms with Crippen molar-refractivity contribution in [2.24, 2.45) is 0 Å². The highest BCUT2D eigenvalue weighted by molar-refractivity contribution is 7.89. The van der Waals surface area contributed by atoms with Gasteiger partial charge in [-0.3, -0.25) is 0 Å². The lowest BCUT2D eigenvalue weighted by atomic mass is 10.2. The highest BCUT2D eigenvalue weighted by Crippen LogP contribution is 2.32. The molecule has 4 nitrogen and oxygen atoms in total. The lowest BCUT2D eigenvalue weighted by Crippen LogP contribution is -2.30. The predicted octanol–water partition coefficient (Wildman–Crippen LogP) is 2.93. The first-order valence-electron chi connectivity index (χ1n) is 6.54. The van der Waals surface area contributed by atoms with Crippen LogP contribution in [0.3, 0.4) is 0 Å². The van der Waals surface area contributed by atoms with E-state index in [1.54, 1.807) is 19.9 Å². The van der Waals surface area contributed by atoms with E-state index in [1.165, 1.54) is 6.07 Å². The minimum Gasteiger partial charge on any atom is -0.310 e. The van der Waals surface area contributed by atoms with Gasteiger partial charge >= 0.3 is 0 Å². The van der Waals surface area contributed by atoms with Gasteiger partial charge in [0, 0.05) is 29.2 Å². The average molecular weight is 337 g/mol. The number of hydrogen-bond acceptors (Lipinski definition) is 3. The van der Waals surface area contributed by atoms with Gasteiger partial charge in [0.2, 0.25) is 10.0 Å². The number of benzene rings is 1. The monoisotopic (exact) mass is 336 g/mol. The molecule has 0 spiro atoms. The second-order valence-corrected chi connectivity index (χ2v) is 7.74. The first kappa shape index (κ1) is 16.0. The normalized spacial score (nSPS) is 15.8. The van der Waals surface area contributed by atoms with Crippen molar-refractivity contribution in [3.05, 3.63) is 27.7 Å². The van der Waals surface area contributed by atoms with Gasteiger partial charge in [0.25, 0.3) is 0 Å². The van der Waals surface area contributed by atoms with Gasteiger partial charge in [0.05, 0.1) is 5.02 Å². The first-order chi connectivity index (χ1) is 9.31. The summed E-state index contributed by atoms with van der Waals surface area (Å²) in [6.45, 7) is 4.00. The lowest BCUT2D eigenvalue weighted by molar-refractivity contribution is 0.569. The highest BCUT2D eigenvalue weighted by Gasteiger charge is 2.24. The molecule has 0 atom stereocenters. The van der Waals surface area contributed by atoms with Crippen LogP contribution in [-0.2, 0) is 16.6 Å². The molecule has 1 aliphatic carbocycles. The van der Waals surface area contributed by atoms with Crippen LogP contribution in [0.25, 0.3) is 0 Å². The van der Waals surface area contributed by atoms with E-state index >= 15 is 0 Å². The molecular weight excluding hydrogens is 319 g/mol. The Balaban J connectivity index is 2.31. The van der Waals surface area contributed by atoms with Crippen molar-refractivity contribution in [2.45, 2.75) is 50.2 Å². The summed E-state index contributed by atoms with van der Waals surface area (Å²) in [7, 11) is -3.62. The SMILES string of the molecule is CC(C)NS(=O)(=O)c1ccc(Cl)c(CNC2CC2)c1Cl. The summed E-state index contributed by atoms with van der Waals surface area (Å²) in [6, 6.07) is 3.32. The molecule has 0 amide bonds. The zero-order valence-corrected chi connectivity index (χ0v) is 13.7. The Morgan fingerprint density at radius 1 is 1.30 bits per heavy atom. The summed E-state index contributed by atoms with van der Waals surface area (Å²) in [6.07, 6.45) is 2.28.